The first-order valence-corrected chi connectivity index (χ1v) is 9.99. The molecule has 0 bridgehead atoms. The van der Waals surface area contributed by atoms with Crippen LogP contribution in [0.15, 0.2) is 78.0 Å². The Kier molecular flexibility index (Phi) is 5.11. The largest absolute Gasteiger partial charge is 0.438 e. The molecular weight excluding hydrogens is 416 g/mol. The Bertz CT molecular complexity index is 1240. The summed E-state index contributed by atoms with van der Waals surface area (Å²) < 4.78 is 61.4. The highest BCUT2D eigenvalue weighted by atomic mass is 32.2. The molecule has 0 unspecified atom stereocenters. The van der Waals surface area contributed by atoms with Gasteiger partial charge >= 0.3 is 0 Å². The Morgan fingerprint density at radius 3 is 2.23 bits per heavy atom. The van der Waals surface area contributed by atoms with Crippen molar-refractivity contribution in [3.05, 3.63) is 84.7 Å². The third-order valence-electron chi connectivity index (χ3n) is 3.88. The van der Waals surface area contributed by atoms with Crippen LogP contribution in [0.4, 0.5) is 14.5 Å². The Balaban J connectivity index is 1.47. The number of nitrogens with one attached hydrogen (secondary N) is 1. The third-order valence-corrected chi connectivity index (χ3v) is 5.31. The molecule has 0 saturated carbocycles. The van der Waals surface area contributed by atoms with Crippen molar-refractivity contribution in [3.63, 3.8) is 0 Å². The predicted molar refractivity (Wildman–Crippen MR) is 103 cm³/mol. The molecule has 4 aromatic rings. The molecule has 0 atom stereocenters. The zero-order valence-electron chi connectivity index (χ0n) is 15.1. The van der Waals surface area contributed by atoms with Gasteiger partial charge in [-0.05, 0) is 48.5 Å². The average molecular weight is 429 g/mol. The van der Waals surface area contributed by atoms with Crippen molar-refractivity contribution < 1.29 is 21.9 Å². The number of anilines is 1. The number of sulfonamides is 1. The SMILES string of the molecule is O=S(=O)(Nc1ccc(Oc2ccc(-n3cccn3)nn2)cc1)c1c(F)cccc1F. The molecule has 0 aliphatic rings. The minimum Gasteiger partial charge on any atom is -0.438 e. The van der Waals surface area contributed by atoms with E-state index in [4.69, 9.17) is 4.74 Å². The Morgan fingerprint density at radius 1 is 0.900 bits per heavy atom. The number of ether oxygens (including phenoxy) is 1. The maximum Gasteiger partial charge on any atom is 0.267 e. The zero-order valence-corrected chi connectivity index (χ0v) is 15.9. The molecule has 152 valence electrons. The highest BCUT2D eigenvalue weighted by Crippen LogP contribution is 2.25. The molecule has 0 aliphatic heterocycles. The van der Waals surface area contributed by atoms with E-state index in [2.05, 4.69) is 20.0 Å². The Morgan fingerprint density at radius 2 is 1.63 bits per heavy atom. The quantitative estimate of drug-likeness (QED) is 0.503. The molecule has 4 rings (SSSR count). The maximum atomic E-state index is 13.8. The lowest BCUT2D eigenvalue weighted by Crippen LogP contribution is -2.16. The van der Waals surface area contributed by atoms with Gasteiger partial charge in [-0.15, -0.1) is 10.2 Å². The fraction of sp³-hybridized carbons (Fsp3) is 0. The van der Waals surface area contributed by atoms with Crippen LogP contribution in [0.5, 0.6) is 11.6 Å². The van der Waals surface area contributed by atoms with Gasteiger partial charge < -0.3 is 4.74 Å². The van der Waals surface area contributed by atoms with Gasteiger partial charge in [-0.25, -0.2) is 21.9 Å². The molecule has 2 aromatic carbocycles. The smallest absolute Gasteiger partial charge is 0.267 e. The van der Waals surface area contributed by atoms with E-state index < -0.39 is 26.6 Å². The van der Waals surface area contributed by atoms with Gasteiger partial charge in [0.05, 0.1) is 0 Å². The number of hydrogen-bond acceptors (Lipinski definition) is 6. The molecule has 11 heteroatoms. The molecule has 2 heterocycles. The van der Waals surface area contributed by atoms with E-state index in [0.29, 0.717) is 11.6 Å². The molecular formula is C19H13F2N5O3S. The molecule has 8 nitrogen and oxygen atoms in total. The number of hydrogen-bond donors (Lipinski definition) is 1. The fourth-order valence-corrected chi connectivity index (χ4v) is 3.75. The average Bonchev–Trinajstić information content (AvgIpc) is 3.24. The second-order valence-corrected chi connectivity index (χ2v) is 7.58. The van der Waals surface area contributed by atoms with Gasteiger partial charge in [-0.1, -0.05) is 6.07 Å². The van der Waals surface area contributed by atoms with Crippen molar-refractivity contribution in [3.8, 4) is 17.4 Å². The zero-order chi connectivity index (χ0) is 21.1. The van der Waals surface area contributed by atoms with Gasteiger partial charge in [0, 0.05) is 24.1 Å². The van der Waals surface area contributed by atoms with Crippen LogP contribution in [0.25, 0.3) is 5.82 Å². The first-order valence-electron chi connectivity index (χ1n) is 8.51. The summed E-state index contributed by atoms with van der Waals surface area (Å²) in [7, 11) is -4.44. The molecule has 0 saturated heterocycles. The van der Waals surface area contributed by atoms with Gasteiger partial charge in [-0.3, -0.25) is 4.72 Å². The number of benzene rings is 2. The van der Waals surface area contributed by atoms with E-state index in [1.807, 2.05) is 0 Å². The van der Waals surface area contributed by atoms with Gasteiger partial charge in [-0.2, -0.15) is 5.10 Å². The summed E-state index contributed by atoms with van der Waals surface area (Å²) >= 11 is 0. The van der Waals surface area contributed by atoms with Gasteiger partial charge in [0.2, 0.25) is 5.88 Å². The monoisotopic (exact) mass is 429 g/mol. The second-order valence-electron chi connectivity index (χ2n) is 5.96. The van der Waals surface area contributed by atoms with E-state index in [-0.39, 0.29) is 11.6 Å². The van der Waals surface area contributed by atoms with Crippen LogP contribution in [0.3, 0.4) is 0 Å². The van der Waals surface area contributed by atoms with Crippen molar-refractivity contribution in [2.24, 2.45) is 0 Å². The lowest BCUT2D eigenvalue weighted by molar-refractivity contribution is 0.454. The van der Waals surface area contributed by atoms with Gasteiger partial charge in [0.15, 0.2) is 10.7 Å². The predicted octanol–water partition coefficient (Wildman–Crippen LogP) is 3.53. The van der Waals surface area contributed by atoms with E-state index in [9.17, 15) is 17.2 Å². The highest BCUT2D eigenvalue weighted by molar-refractivity contribution is 7.92. The van der Waals surface area contributed by atoms with Gasteiger partial charge in [0.1, 0.15) is 17.4 Å². The lowest BCUT2D eigenvalue weighted by Gasteiger charge is -2.10. The standard InChI is InChI=1S/C19H13F2N5O3S/c20-15-3-1-4-16(21)19(15)30(27,28)25-13-5-7-14(8-6-13)29-18-10-9-17(23-24-18)26-12-2-11-22-26/h1-12,25H. The molecule has 0 fully saturated rings. The summed E-state index contributed by atoms with van der Waals surface area (Å²) in [6.07, 6.45) is 3.33. The number of aromatic nitrogens is 4. The second kappa shape index (κ2) is 7.87. The first kappa shape index (κ1) is 19.5. The maximum absolute atomic E-state index is 13.8. The van der Waals surface area contributed by atoms with Crippen LogP contribution in [0.2, 0.25) is 0 Å². The van der Waals surface area contributed by atoms with E-state index in [1.165, 1.54) is 28.9 Å². The molecule has 1 N–H and O–H groups in total. The van der Waals surface area contributed by atoms with Crippen molar-refractivity contribution in [2.45, 2.75) is 4.90 Å². The van der Waals surface area contributed by atoms with E-state index in [1.54, 1.807) is 30.6 Å². The topological polar surface area (TPSA) is 99.0 Å². The number of halogens is 2. The van der Waals surface area contributed by atoms with Crippen molar-refractivity contribution in [1.29, 1.82) is 0 Å². The molecule has 0 spiro atoms. The Labute approximate surface area is 169 Å². The van der Waals surface area contributed by atoms with Crippen LogP contribution >= 0.6 is 0 Å². The van der Waals surface area contributed by atoms with Crippen molar-refractivity contribution >= 4 is 15.7 Å². The van der Waals surface area contributed by atoms with E-state index >= 15 is 0 Å². The molecule has 0 aliphatic carbocycles. The van der Waals surface area contributed by atoms with Crippen LogP contribution in [0.1, 0.15) is 0 Å². The summed E-state index contributed by atoms with van der Waals surface area (Å²) in [5.41, 5.74) is 0.102. The third kappa shape index (κ3) is 4.10. The molecule has 0 amide bonds. The molecule has 0 radical (unpaired) electrons. The lowest BCUT2D eigenvalue weighted by atomic mass is 10.3. The first-order chi connectivity index (χ1) is 14.4. The summed E-state index contributed by atoms with van der Waals surface area (Å²) in [5, 5.41) is 12.0. The van der Waals surface area contributed by atoms with E-state index in [0.717, 1.165) is 18.2 Å². The highest BCUT2D eigenvalue weighted by Gasteiger charge is 2.23. The molecule has 30 heavy (non-hydrogen) atoms. The minimum atomic E-state index is -4.44. The fourth-order valence-electron chi connectivity index (χ4n) is 2.55. The summed E-state index contributed by atoms with van der Waals surface area (Å²) in [6, 6.07) is 13.6. The summed E-state index contributed by atoms with van der Waals surface area (Å²) in [4.78, 5) is -1.04. The summed E-state index contributed by atoms with van der Waals surface area (Å²) in [5.74, 6) is -1.28. The molecule has 2 aromatic heterocycles. The Hall–Kier alpha value is -3.86. The van der Waals surface area contributed by atoms with Gasteiger partial charge in [0.25, 0.3) is 10.0 Å². The number of rotatable bonds is 6. The minimum absolute atomic E-state index is 0.102. The van der Waals surface area contributed by atoms with Crippen molar-refractivity contribution in [1.82, 2.24) is 20.0 Å². The normalized spacial score (nSPS) is 11.3. The number of nitrogens with zero attached hydrogens (tertiary/aromatic N) is 4. The van der Waals surface area contributed by atoms with Crippen LogP contribution in [-0.4, -0.2) is 28.4 Å². The van der Waals surface area contributed by atoms with Crippen molar-refractivity contribution in [2.75, 3.05) is 4.72 Å². The van der Waals surface area contributed by atoms with Crippen LogP contribution < -0.4 is 9.46 Å². The summed E-state index contributed by atoms with van der Waals surface area (Å²) in [6.45, 7) is 0. The van der Waals surface area contributed by atoms with Crippen LogP contribution in [-0.2, 0) is 10.0 Å². The van der Waals surface area contributed by atoms with Crippen LogP contribution in [0, 0.1) is 11.6 Å².